The van der Waals surface area contributed by atoms with Crippen molar-refractivity contribution in [3.63, 3.8) is 0 Å². The van der Waals surface area contributed by atoms with E-state index in [2.05, 4.69) is 0 Å². The summed E-state index contributed by atoms with van der Waals surface area (Å²) in [5.74, 6) is -0.142. The number of benzene rings is 1. The summed E-state index contributed by atoms with van der Waals surface area (Å²) < 4.78 is 13.1. The fraction of sp³-hybridized carbons (Fsp3) is 0.533. The van der Waals surface area contributed by atoms with E-state index in [1.54, 1.807) is 13.0 Å². The van der Waals surface area contributed by atoms with Crippen LogP contribution in [0, 0.1) is 12.7 Å². The summed E-state index contributed by atoms with van der Waals surface area (Å²) in [6, 6.07) is 4.43. The molecule has 0 radical (unpaired) electrons. The predicted octanol–water partition coefficient (Wildman–Crippen LogP) is 3.19. The van der Waals surface area contributed by atoms with E-state index < -0.39 is 0 Å². The highest BCUT2D eigenvalue weighted by Crippen LogP contribution is 2.37. The molecule has 2 nitrogen and oxygen atoms in total. The molecular weight excluding hydrogens is 229 g/mol. The van der Waals surface area contributed by atoms with Crippen LogP contribution in [0.3, 0.4) is 0 Å². The maximum Gasteiger partial charge on any atom is 0.183 e. The van der Waals surface area contributed by atoms with Crippen molar-refractivity contribution in [2.45, 2.75) is 38.1 Å². The van der Waals surface area contributed by atoms with Crippen molar-refractivity contribution in [2.24, 2.45) is 0 Å². The van der Waals surface area contributed by atoms with Crippen LogP contribution in [0.25, 0.3) is 0 Å². The highest BCUT2D eigenvalue weighted by Gasteiger charge is 2.43. The standard InChI is InChI=1S/C15H20FNO/c1-11-10-12(16)6-7-13(11)14(18)15(17(2)3)8-4-5-9-15/h6-7,10H,4-5,8-9H2,1-3H3. The molecule has 0 aromatic heterocycles. The number of halogens is 1. The Bertz CT molecular complexity index is 462. The summed E-state index contributed by atoms with van der Waals surface area (Å²) in [6.45, 7) is 1.80. The minimum Gasteiger partial charge on any atom is -0.297 e. The van der Waals surface area contributed by atoms with Crippen molar-refractivity contribution in [3.8, 4) is 0 Å². The summed E-state index contributed by atoms with van der Waals surface area (Å²) in [5.41, 5.74) is 1.00. The number of rotatable bonds is 3. The van der Waals surface area contributed by atoms with Gasteiger partial charge in [-0.05, 0) is 57.6 Å². The van der Waals surface area contributed by atoms with E-state index in [0.717, 1.165) is 31.2 Å². The smallest absolute Gasteiger partial charge is 0.183 e. The van der Waals surface area contributed by atoms with Crippen LogP contribution in [-0.2, 0) is 0 Å². The second-order valence-electron chi connectivity index (χ2n) is 5.42. The van der Waals surface area contributed by atoms with E-state index in [4.69, 9.17) is 0 Å². The van der Waals surface area contributed by atoms with E-state index in [9.17, 15) is 9.18 Å². The Balaban J connectivity index is 2.40. The molecule has 0 saturated heterocycles. The van der Waals surface area contributed by atoms with Gasteiger partial charge < -0.3 is 0 Å². The molecule has 0 amide bonds. The van der Waals surface area contributed by atoms with Crippen LogP contribution in [0.5, 0.6) is 0 Å². The zero-order valence-corrected chi connectivity index (χ0v) is 11.3. The van der Waals surface area contributed by atoms with Gasteiger partial charge in [0.05, 0.1) is 5.54 Å². The van der Waals surface area contributed by atoms with Crippen LogP contribution < -0.4 is 0 Å². The van der Waals surface area contributed by atoms with Crippen LogP contribution in [0.4, 0.5) is 4.39 Å². The van der Waals surface area contributed by atoms with Gasteiger partial charge in [0.15, 0.2) is 5.78 Å². The van der Waals surface area contributed by atoms with E-state index in [1.165, 1.54) is 12.1 Å². The molecule has 1 aliphatic carbocycles. The number of carbonyl (C=O) groups excluding carboxylic acids is 1. The number of hydrogen-bond donors (Lipinski definition) is 0. The molecule has 98 valence electrons. The average Bonchev–Trinajstić information content (AvgIpc) is 2.78. The molecule has 0 heterocycles. The fourth-order valence-corrected chi connectivity index (χ4v) is 2.97. The van der Waals surface area contributed by atoms with Crippen LogP contribution in [0.1, 0.15) is 41.6 Å². The average molecular weight is 249 g/mol. The van der Waals surface area contributed by atoms with Gasteiger partial charge in [-0.3, -0.25) is 9.69 Å². The van der Waals surface area contributed by atoms with Crippen molar-refractivity contribution in [1.82, 2.24) is 4.90 Å². The largest absolute Gasteiger partial charge is 0.297 e. The maximum atomic E-state index is 13.1. The maximum absolute atomic E-state index is 13.1. The number of Topliss-reactive ketones (excluding diaryl/α,β-unsaturated/α-hetero) is 1. The molecule has 0 bridgehead atoms. The summed E-state index contributed by atoms with van der Waals surface area (Å²) >= 11 is 0. The Morgan fingerprint density at radius 1 is 1.28 bits per heavy atom. The van der Waals surface area contributed by atoms with Gasteiger partial charge in [0.1, 0.15) is 5.82 Å². The molecular formula is C15H20FNO. The second-order valence-corrected chi connectivity index (χ2v) is 5.42. The molecule has 0 atom stereocenters. The Labute approximate surface area is 108 Å². The lowest BCUT2D eigenvalue weighted by molar-refractivity contribution is 0.0692. The van der Waals surface area contributed by atoms with E-state index >= 15 is 0 Å². The summed E-state index contributed by atoms with van der Waals surface area (Å²) in [4.78, 5) is 14.8. The van der Waals surface area contributed by atoms with E-state index in [-0.39, 0.29) is 17.1 Å². The lowest BCUT2D eigenvalue weighted by Gasteiger charge is -2.35. The fourth-order valence-electron chi connectivity index (χ4n) is 2.97. The molecule has 1 aliphatic rings. The summed E-state index contributed by atoms with van der Waals surface area (Å²) in [7, 11) is 3.92. The molecule has 0 aliphatic heterocycles. The first-order valence-corrected chi connectivity index (χ1v) is 6.46. The molecule has 1 fully saturated rings. The molecule has 18 heavy (non-hydrogen) atoms. The topological polar surface area (TPSA) is 20.3 Å². The van der Waals surface area contributed by atoms with Crippen molar-refractivity contribution in [3.05, 3.63) is 35.1 Å². The number of nitrogens with zero attached hydrogens (tertiary/aromatic N) is 1. The van der Waals surface area contributed by atoms with Crippen LogP contribution in [-0.4, -0.2) is 30.3 Å². The molecule has 0 spiro atoms. The van der Waals surface area contributed by atoms with Crippen molar-refractivity contribution < 1.29 is 9.18 Å². The number of hydrogen-bond acceptors (Lipinski definition) is 2. The van der Waals surface area contributed by atoms with Gasteiger partial charge in [0.25, 0.3) is 0 Å². The number of likely N-dealkylation sites (N-methyl/N-ethyl adjacent to an activating group) is 1. The Hall–Kier alpha value is -1.22. The third-order valence-corrected chi connectivity index (χ3v) is 4.14. The predicted molar refractivity (Wildman–Crippen MR) is 70.4 cm³/mol. The number of carbonyl (C=O) groups is 1. The third kappa shape index (κ3) is 2.07. The first-order valence-electron chi connectivity index (χ1n) is 6.46. The van der Waals surface area contributed by atoms with Crippen LogP contribution >= 0.6 is 0 Å². The Kier molecular flexibility index (Phi) is 3.53. The van der Waals surface area contributed by atoms with Gasteiger partial charge in [-0.2, -0.15) is 0 Å². The highest BCUT2D eigenvalue weighted by atomic mass is 19.1. The quantitative estimate of drug-likeness (QED) is 0.767. The van der Waals surface area contributed by atoms with E-state index in [0.29, 0.717) is 5.56 Å². The van der Waals surface area contributed by atoms with Gasteiger partial charge in [-0.15, -0.1) is 0 Å². The Morgan fingerprint density at radius 2 is 1.89 bits per heavy atom. The van der Waals surface area contributed by atoms with Gasteiger partial charge in [0, 0.05) is 5.56 Å². The van der Waals surface area contributed by atoms with Gasteiger partial charge in [-0.1, -0.05) is 12.8 Å². The van der Waals surface area contributed by atoms with E-state index in [1.807, 2.05) is 19.0 Å². The SMILES string of the molecule is Cc1cc(F)ccc1C(=O)C1(N(C)C)CCCC1. The molecule has 2 rings (SSSR count). The number of ketones is 1. The molecule has 0 unspecified atom stereocenters. The van der Waals surface area contributed by atoms with Crippen LogP contribution in [0.15, 0.2) is 18.2 Å². The first-order chi connectivity index (χ1) is 8.47. The molecule has 1 aromatic carbocycles. The summed E-state index contributed by atoms with van der Waals surface area (Å²) in [5, 5.41) is 0. The molecule has 0 N–H and O–H groups in total. The minimum absolute atomic E-state index is 0.141. The summed E-state index contributed by atoms with van der Waals surface area (Å²) in [6.07, 6.45) is 3.97. The second kappa shape index (κ2) is 4.81. The van der Waals surface area contributed by atoms with Gasteiger partial charge in [-0.25, -0.2) is 4.39 Å². The lowest BCUT2D eigenvalue weighted by Crippen LogP contribution is -2.49. The van der Waals surface area contributed by atoms with Gasteiger partial charge in [0.2, 0.25) is 0 Å². The van der Waals surface area contributed by atoms with Crippen molar-refractivity contribution >= 4 is 5.78 Å². The Morgan fingerprint density at radius 3 is 2.39 bits per heavy atom. The third-order valence-electron chi connectivity index (χ3n) is 4.14. The molecule has 1 saturated carbocycles. The minimum atomic E-state index is -0.386. The molecule has 1 aromatic rings. The zero-order chi connectivity index (χ0) is 13.3. The highest BCUT2D eigenvalue weighted by molar-refractivity contribution is 6.04. The lowest BCUT2D eigenvalue weighted by atomic mass is 9.85. The normalized spacial score (nSPS) is 18.3. The number of aryl methyl sites for hydroxylation is 1. The van der Waals surface area contributed by atoms with Crippen molar-refractivity contribution in [2.75, 3.05) is 14.1 Å². The monoisotopic (exact) mass is 249 g/mol. The van der Waals surface area contributed by atoms with Crippen LogP contribution in [0.2, 0.25) is 0 Å². The van der Waals surface area contributed by atoms with Gasteiger partial charge >= 0.3 is 0 Å². The van der Waals surface area contributed by atoms with Crippen molar-refractivity contribution in [1.29, 1.82) is 0 Å². The zero-order valence-electron chi connectivity index (χ0n) is 11.3. The molecule has 3 heteroatoms. The first kappa shape index (κ1) is 13.2.